The lowest BCUT2D eigenvalue weighted by Gasteiger charge is -2.07. The van der Waals surface area contributed by atoms with Gasteiger partial charge in [0.15, 0.2) is 0 Å². The number of nitrogens with zero attached hydrogens (tertiary/aromatic N) is 2. The molecule has 98 valence electrons. The Morgan fingerprint density at radius 3 is 3.00 bits per heavy atom. The minimum Gasteiger partial charge on any atom is -0.467 e. The molecule has 3 rings (SSSR count). The molecule has 0 aliphatic rings. The number of hydrogen-bond donors (Lipinski definition) is 1. The second-order valence-electron chi connectivity index (χ2n) is 4.36. The molecular weight excluding hydrogens is 262 g/mol. The van der Waals surface area contributed by atoms with Gasteiger partial charge in [0.1, 0.15) is 11.6 Å². The summed E-state index contributed by atoms with van der Waals surface area (Å²) < 4.78 is 7.54. The summed E-state index contributed by atoms with van der Waals surface area (Å²) in [5.74, 6) is 1.87. The largest absolute Gasteiger partial charge is 0.467 e. The Bertz CT molecular complexity index is 688. The molecule has 0 saturated carbocycles. The third-order valence-electron chi connectivity index (χ3n) is 3.02. The number of halogens is 1. The number of benzene rings is 1. The lowest BCUT2D eigenvalue weighted by molar-refractivity contribution is 0.490. The first kappa shape index (κ1) is 12.3. The standard InChI is InChI=1S/C14H14ClN3O/c1-16-8-14-17-12-5-4-10(15)7-13(12)18(14)9-11-3-2-6-19-11/h2-7,16H,8-9H2,1H3. The molecule has 1 N–H and O–H groups in total. The monoisotopic (exact) mass is 275 g/mol. The number of rotatable bonds is 4. The summed E-state index contributed by atoms with van der Waals surface area (Å²) in [7, 11) is 1.91. The predicted molar refractivity (Wildman–Crippen MR) is 75.3 cm³/mol. The molecule has 0 amide bonds. The molecule has 2 aromatic heterocycles. The molecule has 5 heteroatoms. The fraction of sp³-hybridized carbons (Fsp3) is 0.214. The average Bonchev–Trinajstić information content (AvgIpc) is 3.00. The van der Waals surface area contributed by atoms with E-state index in [-0.39, 0.29) is 0 Å². The Balaban J connectivity index is 2.12. The minimum atomic E-state index is 0.654. The zero-order chi connectivity index (χ0) is 13.2. The van der Waals surface area contributed by atoms with Crippen LogP contribution in [0.2, 0.25) is 5.02 Å². The fourth-order valence-electron chi connectivity index (χ4n) is 2.17. The smallest absolute Gasteiger partial charge is 0.124 e. The molecule has 3 aromatic rings. The third-order valence-corrected chi connectivity index (χ3v) is 3.25. The van der Waals surface area contributed by atoms with Gasteiger partial charge in [-0.05, 0) is 37.4 Å². The maximum absolute atomic E-state index is 6.08. The van der Waals surface area contributed by atoms with Gasteiger partial charge in [-0.15, -0.1) is 0 Å². The topological polar surface area (TPSA) is 43.0 Å². The van der Waals surface area contributed by atoms with E-state index >= 15 is 0 Å². The molecule has 1 aromatic carbocycles. The summed E-state index contributed by atoms with van der Waals surface area (Å²) >= 11 is 6.08. The first-order chi connectivity index (χ1) is 9.28. The summed E-state index contributed by atoms with van der Waals surface area (Å²) in [6.45, 7) is 1.36. The Hall–Kier alpha value is -1.78. The molecular formula is C14H14ClN3O. The first-order valence-corrected chi connectivity index (χ1v) is 6.47. The summed E-state index contributed by atoms with van der Waals surface area (Å²) in [5.41, 5.74) is 1.97. The minimum absolute atomic E-state index is 0.654. The van der Waals surface area contributed by atoms with E-state index in [0.717, 1.165) is 22.6 Å². The Kier molecular flexibility index (Phi) is 3.27. The second-order valence-corrected chi connectivity index (χ2v) is 4.79. The SMILES string of the molecule is CNCc1nc2ccc(Cl)cc2n1Cc1ccco1. The van der Waals surface area contributed by atoms with Crippen LogP contribution in [0.3, 0.4) is 0 Å². The molecule has 0 aliphatic carbocycles. The zero-order valence-electron chi connectivity index (χ0n) is 10.6. The highest BCUT2D eigenvalue weighted by Crippen LogP contribution is 2.22. The third kappa shape index (κ3) is 2.37. The van der Waals surface area contributed by atoms with E-state index in [0.29, 0.717) is 18.1 Å². The number of aromatic nitrogens is 2. The van der Waals surface area contributed by atoms with Gasteiger partial charge in [0, 0.05) is 5.02 Å². The highest BCUT2D eigenvalue weighted by Gasteiger charge is 2.11. The van der Waals surface area contributed by atoms with Gasteiger partial charge >= 0.3 is 0 Å². The van der Waals surface area contributed by atoms with E-state index < -0.39 is 0 Å². The molecule has 2 heterocycles. The van der Waals surface area contributed by atoms with Crippen molar-refractivity contribution in [1.82, 2.24) is 14.9 Å². The van der Waals surface area contributed by atoms with Gasteiger partial charge in [-0.2, -0.15) is 0 Å². The van der Waals surface area contributed by atoms with E-state index in [1.165, 1.54) is 0 Å². The van der Waals surface area contributed by atoms with Crippen LogP contribution in [0, 0.1) is 0 Å². The van der Waals surface area contributed by atoms with Crippen LogP contribution in [0.5, 0.6) is 0 Å². The average molecular weight is 276 g/mol. The summed E-state index contributed by atoms with van der Waals surface area (Å²) in [6, 6.07) is 9.58. The Labute approximate surface area is 116 Å². The van der Waals surface area contributed by atoms with Crippen LogP contribution >= 0.6 is 11.6 Å². The number of imidazole rings is 1. The van der Waals surface area contributed by atoms with Crippen molar-refractivity contribution in [2.24, 2.45) is 0 Å². The molecule has 0 saturated heterocycles. The van der Waals surface area contributed by atoms with E-state index in [1.54, 1.807) is 6.26 Å². The quantitative estimate of drug-likeness (QED) is 0.796. The van der Waals surface area contributed by atoms with Crippen LogP contribution < -0.4 is 5.32 Å². The van der Waals surface area contributed by atoms with Gasteiger partial charge < -0.3 is 14.3 Å². The number of fused-ring (bicyclic) bond motifs is 1. The van der Waals surface area contributed by atoms with E-state index in [9.17, 15) is 0 Å². The van der Waals surface area contributed by atoms with Gasteiger partial charge in [-0.3, -0.25) is 0 Å². The highest BCUT2D eigenvalue weighted by atomic mass is 35.5. The number of nitrogens with one attached hydrogen (secondary N) is 1. The van der Waals surface area contributed by atoms with Gasteiger partial charge in [-0.25, -0.2) is 4.98 Å². The van der Waals surface area contributed by atoms with Gasteiger partial charge in [0.05, 0.1) is 30.4 Å². The van der Waals surface area contributed by atoms with E-state index in [2.05, 4.69) is 14.9 Å². The Morgan fingerprint density at radius 2 is 2.26 bits per heavy atom. The predicted octanol–water partition coefficient (Wildman–Crippen LogP) is 3.05. The van der Waals surface area contributed by atoms with Crippen molar-refractivity contribution in [2.75, 3.05) is 7.05 Å². The van der Waals surface area contributed by atoms with E-state index in [4.69, 9.17) is 16.0 Å². The van der Waals surface area contributed by atoms with Crippen molar-refractivity contribution in [3.8, 4) is 0 Å². The number of furan rings is 1. The first-order valence-electron chi connectivity index (χ1n) is 6.09. The fourth-order valence-corrected chi connectivity index (χ4v) is 2.34. The van der Waals surface area contributed by atoms with Crippen LogP contribution in [0.15, 0.2) is 41.0 Å². The van der Waals surface area contributed by atoms with Gasteiger partial charge in [0.25, 0.3) is 0 Å². The molecule has 0 aliphatic heterocycles. The molecule has 4 nitrogen and oxygen atoms in total. The van der Waals surface area contributed by atoms with Gasteiger partial charge in [-0.1, -0.05) is 11.6 Å². The van der Waals surface area contributed by atoms with Gasteiger partial charge in [0.2, 0.25) is 0 Å². The van der Waals surface area contributed by atoms with Crippen LogP contribution in [0.25, 0.3) is 11.0 Å². The lowest BCUT2D eigenvalue weighted by atomic mass is 10.3. The van der Waals surface area contributed by atoms with Crippen molar-refractivity contribution >= 4 is 22.6 Å². The maximum atomic E-state index is 6.08. The maximum Gasteiger partial charge on any atom is 0.124 e. The summed E-state index contributed by atoms with van der Waals surface area (Å²) in [6.07, 6.45) is 1.68. The molecule has 0 bridgehead atoms. The Morgan fingerprint density at radius 1 is 1.37 bits per heavy atom. The molecule has 0 unspecified atom stereocenters. The van der Waals surface area contributed by atoms with Crippen LogP contribution in [0.1, 0.15) is 11.6 Å². The van der Waals surface area contributed by atoms with E-state index in [1.807, 2.05) is 37.4 Å². The molecule has 0 radical (unpaired) electrons. The van der Waals surface area contributed by atoms with Crippen molar-refractivity contribution in [3.63, 3.8) is 0 Å². The molecule has 0 fully saturated rings. The van der Waals surface area contributed by atoms with Crippen LogP contribution in [0.4, 0.5) is 0 Å². The molecule has 0 spiro atoms. The van der Waals surface area contributed by atoms with Crippen molar-refractivity contribution in [3.05, 3.63) is 53.2 Å². The normalized spacial score (nSPS) is 11.3. The zero-order valence-corrected chi connectivity index (χ0v) is 11.3. The second kappa shape index (κ2) is 5.07. The van der Waals surface area contributed by atoms with Crippen molar-refractivity contribution in [2.45, 2.75) is 13.1 Å². The van der Waals surface area contributed by atoms with Crippen molar-refractivity contribution < 1.29 is 4.42 Å². The molecule has 0 atom stereocenters. The summed E-state index contributed by atoms with van der Waals surface area (Å²) in [4.78, 5) is 4.62. The van der Waals surface area contributed by atoms with Crippen molar-refractivity contribution in [1.29, 1.82) is 0 Å². The summed E-state index contributed by atoms with van der Waals surface area (Å²) in [5, 5.41) is 3.84. The molecule has 19 heavy (non-hydrogen) atoms. The van der Waals surface area contributed by atoms with Crippen LogP contribution in [-0.2, 0) is 13.1 Å². The van der Waals surface area contributed by atoms with Crippen LogP contribution in [-0.4, -0.2) is 16.6 Å². The highest BCUT2D eigenvalue weighted by molar-refractivity contribution is 6.31. The lowest BCUT2D eigenvalue weighted by Crippen LogP contribution is -2.12. The number of hydrogen-bond acceptors (Lipinski definition) is 3.